The van der Waals surface area contributed by atoms with E-state index in [1.165, 1.54) is 11.1 Å². The van der Waals surface area contributed by atoms with Gasteiger partial charge in [-0.1, -0.05) is 41.9 Å². The Morgan fingerprint density at radius 1 is 1.38 bits per heavy atom. The number of hydrogen-bond acceptors (Lipinski definition) is 1. The maximum absolute atomic E-state index is 11.5. The predicted molar refractivity (Wildman–Crippen MR) is 71.7 cm³/mol. The molecular weight excluding hydrogens is 264 g/mol. The van der Waals surface area contributed by atoms with Crippen molar-refractivity contribution in [2.45, 2.75) is 40.0 Å². The van der Waals surface area contributed by atoms with E-state index in [4.69, 9.17) is 0 Å². The van der Waals surface area contributed by atoms with E-state index in [1.54, 1.807) is 0 Å². The lowest BCUT2D eigenvalue weighted by Gasteiger charge is -2.08. The molecule has 0 saturated heterocycles. The molecule has 1 aromatic rings. The van der Waals surface area contributed by atoms with Gasteiger partial charge in [-0.2, -0.15) is 0 Å². The van der Waals surface area contributed by atoms with Crippen molar-refractivity contribution in [3.63, 3.8) is 0 Å². The minimum absolute atomic E-state index is 0.170. The van der Waals surface area contributed by atoms with E-state index in [0.29, 0.717) is 12.2 Å². The van der Waals surface area contributed by atoms with Crippen molar-refractivity contribution in [3.8, 4) is 0 Å². The van der Waals surface area contributed by atoms with Gasteiger partial charge in [-0.25, -0.2) is 0 Å². The third kappa shape index (κ3) is 3.75. The summed E-state index contributed by atoms with van der Waals surface area (Å²) in [6.07, 6.45) is 2.64. The SMILES string of the molecule is Cc1c(Br)cccc1CCCC(=O)C(C)C. The van der Waals surface area contributed by atoms with Crippen LogP contribution in [0.15, 0.2) is 22.7 Å². The molecule has 0 unspecified atom stereocenters. The van der Waals surface area contributed by atoms with Crippen molar-refractivity contribution in [1.82, 2.24) is 0 Å². The summed E-state index contributed by atoms with van der Waals surface area (Å²) in [4.78, 5) is 11.5. The molecule has 0 atom stereocenters. The fourth-order valence-corrected chi connectivity index (χ4v) is 2.07. The molecule has 1 nitrogen and oxygen atoms in total. The Morgan fingerprint density at radius 2 is 2.06 bits per heavy atom. The molecule has 88 valence electrons. The normalized spacial score (nSPS) is 10.8. The van der Waals surface area contributed by atoms with E-state index in [-0.39, 0.29) is 5.92 Å². The van der Waals surface area contributed by atoms with Gasteiger partial charge >= 0.3 is 0 Å². The Labute approximate surface area is 106 Å². The first-order valence-electron chi connectivity index (χ1n) is 5.79. The van der Waals surface area contributed by atoms with Crippen LogP contribution in [0.1, 0.15) is 37.8 Å². The molecule has 0 spiro atoms. The van der Waals surface area contributed by atoms with Gasteiger partial charge in [0.25, 0.3) is 0 Å². The van der Waals surface area contributed by atoms with E-state index in [9.17, 15) is 4.79 Å². The zero-order valence-electron chi connectivity index (χ0n) is 10.2. The molecule has 16 heavy (non-hydrogen) atoms. The van der Waals surface area contributed by atoms with E-state index in [2.05, 4.69) is 41.1 Å². The summed E-state index contributed by atoms with van der Waals surface area (Å²) in [5, 5.41) is 0. The summed E-state index contributed by atoms with van der Waals surface area (Å²) in [5.41, 5.74) is 2.63. The molecule has 0 aliphatic rings. The second-order valence-electron chi connectivity index (χ2n) is 4.50. The van der Waals surface area contributed by atoms with Crippen molar-refractivity contribution >= 4 is 21.7 Å². The van der Waals surface area contributed by atoms with Crippen molar-refractivity contribution in [1.29, 1.82) is 0 Å². The van der Waals surface area contributed by atoms with Crippen LogP contribution in [-0.2, 0) is 11.2 Å². The summed E-state index contributed by atoms with van der Waals surface area (Å²) in [6.45, 7) is 6.04. The third-order valence-electron chi connectivity index (χ3n) is 2.89. The first-order chi connectivity index (χ1) is 7.52. The maximum Gasteiger partial charge on any atom is 0.135 e. The Morgan fingerprint density at radius 3 is 2.69 bits per heavy atom. The Bertz CT molecular complexity index is 369. The summed E-state index contributed by atoms with van der Waals surface area (Å²) >= 11 is 3.52. The quantitative estimate of drug-likeness (QED) is 0.787. The molecular formula is C14H19BrO. The second kappa shape index (κ2) is 6.19. The summed E-state index contributed by atoms with van der Waals surface area (Å²) in [6, 6.07) is 6.24. The van der Waals surface area contributed by atoms with Gasteiger partial charge < -0.3 is 0 Å². The van der Waals surface area contributed by atoms with Crippen LogP contribution in [-0.4, -0.2) is 5.78 Å². The summed E-state index contributed by atoms with van der Waals surface area (Å²) in [7, 11) is 0. The minimum atomic E-state index is 0.170. The molecule has 0 radical (unpaired) electrons. The lowest BCUT2D eigenvalue weighted by molar-refractivity contribution is -0.121. The predicted octanol–water partition coefficient (Wildman–Crippen LogP) is 4.31. The van der Waals surface area contributed by atoms with Crippen LogP contribution < -0.4 is 0 Å². The fourth-order valence-electron chi connectivity index (χ4n) is 1.66. The van der Waals surface area contributed by atoms with Crippen LogP contribution in [0.25, 0.3) is 0 Å². The Balaban J connectivity index is 2.49. The number of rotatable bonds is 5. The van der Waals surface area contributed by atoms with Gasteiger partial charge in [0.05, 0.1) is 0 Å². The first kappa shape index (κ1) is 13.4. The van der Waals surface area contributed by atoms with Gasteiger partial charge in [0, 0.05) is 16.8 Å². The molecule has 1 aromatic carbocycles. The van der Waals surface area contributed by atoms with Gasteiger partial charge in [0.15, 0.2) is 0 Å². The van der Waals surface area contributed by atoms with Crippen LogP contribution in [0.5, 0.6) is 0 Å². The third-order valence-corrected chi connectivity index (χ3v) is 3.75. The number of hydrogen-bond donors (Lipinski definition) is 0. The number of Topliss-reactive ketones (excluding diaryl/α,β-unsaturated/α-hetero) is 1. The lowest BCUT2D eigenvalue weighted by atomic mass is 9.99. The Hall–Kier alpha value is -0.630. The van der Waals surface area contributed by atoms with Crippen molar-refractivity contribution < 1.29 is 4.79 Å². The molecule has 0 aromatic heterocycles. The highest BCUT2D eigenvalue weighted by Crippen LogP contribution is 2.21. The van der Waals surface area contributed by atoms with E-state index >= 15 is 0 Å². The van der Waals surface area contributed by atoms with Crippen LogP contribution >= 0.6 is 15.9 Å². The average molecular weight is 283 g/mol. The Kier molecular flexibility index (Phi) is 5.20. The number of ketones is 1. The molecule has 0 aliphatic heterocycles. The monoisotopic (exact) mass is 282 g/mol. The average Bonchev–Trinajstić information content (AvgIpc) is 2.24. The maximum atomic E-state index is 11.5. The number of aryl methyl sites for hydroxylation is 1. The molecule has 0 bridgehead atoms. The van der Waals surface area contributed by atoms with E-state index in [1.807, 2.05) is 13.8 Å². The molecule has 1 rings (SSSR count). The van der Waals surface area contributed by atoms with Crippen LogP contribution in [0.2, 0.25) is 0 Å². The van der Waals surface area contributed by atoms with Gasteiger partial charge in [0.2, 0.25) is 0 Å². The van der Waals surface area contributed by atoms with Crippen molar-refractivity contribution in [2.24, 2.45) is 5.92 Å². The number of halogens is 1. The zero-order valence-corrected chi connectivity index (χ0v) is 11.8. The molecule has 2 heteroatoms. The lowest BCUT2D eigenvalue weighted by Crippen LogP contribution is -2.07. The van der Waals surface area contributed by atoms with Crippen LogP contribution in [0, 0.1) is 12.8 Å². The van der Waals surface area contributed by atoms with E-state index in [0.717, 1.165) is 17.3 Å². The number of carbonyl (C=O) groups is 1. The highest BCUT2D eigenvalue weighted by Gasteiger charge is 2.07. The highest BCUT2D eigenvalue weighted by molar-refractivity contribution is 9.10. The van der Waals surface area contributed by atoms with Gasteiger partial charge in [-0.15, -0.1) is 0 Å². The smallest absolute Gasteiger partial charge is 0.135 e. The van der Waals surface area contributed by atoms with E-state index < -0.39 is 0 Å². The second-order valence-corrected chi connectivity index (χ2v) is 5.35. The number of carbonyl (C=O) groups excluding carboxylic acids is 1. The molecule has 0 heterocycles. The summed E-state index contributed by atoms with van der Waals surface area (Å²) < 4.78 is 1.15. The molecule has 0 saturated carbocycles. The fraction of sp³-hybridized carbons (Fsp3) is 0.500. The van der Waals surface area contributed by atoms with Gasteiger partial charge in [-0.3, -0.25) is 4.79 Å². The van der Waals surface area contributed by atoms with Gasteiger partial charge in [-0.05, 0) is 37.0 Å². The highest BCUT2D eigenvalue weighted by atomic mass is 79.9. The minimum Gasteiger partial charge on any atom is -0.299 e. The topological polar surface area (TPSA) is 17.1 Å². The number of benzene rings is 1. The molecule has 0 amide bonds. The van der Waals surface area contributed by atoms with Crippen molar-refractivity contribution in [3.05, 3.63) is 33.8 Å². The van der Waals surface area contributed by atoms with Crippen LogP contribution in [0.4, 0.5) is 0 Å². The summed E-state index contributed by atoms with van der Waals surface area (Å²) in [5.74, 6) is 0.538. The largest absolute Gasteiger partial charge is 0.299 e. The van der Waals surface area contributed by atoms with Gasteiger partial charge in [0.1, 0.15) is 5.78 Å². The molecule has 0 aliphatic carbocycles. The standard InChI is InChI=1S/C14H19BrO/c1-10(2)14(16)9-5-7-12-6-4-8-13(15)11(12)3/h4,6,8,10H,5,7,9H2,1-3H3. The molecule has 0 fully saturated rings. The zero-order chi connectivity index (χ0) is 12.1. The molecule has 0 N–H and O–H groups in total. The van der Waals surface area contributed by atoms with Crippen LogP contribution in [0.3, 0.4) is 0 Å². The van der Waals surface area contributed by atoms with Crippen molar-refractivity contribution in [2.75, 3.05) is 0 Å². The first-order valence-corrected chi connectivity index (χ1v) is 6.58.